The van der Waals surface area contributed by atoms with Crippen molar-refractivity contribution >= 4 is 29.2 Å². The van der Waals surface area contributed by atoms with Gasteiger partial charge in [0.05, 0.1) is 4.92 Å². The van der Waals surface area contributed by atoms with Gasteiger partial charge in [0.15, 0.2) is 5.69 Å². The normalized spacial score (nSPS) is 19.2. The first-order valence-corrected chi connectivity index (χ1v) is 6.79. The second-order valence-electron chi connectivity index (χ2n) is 4.23. The summed E-state index contributed by atoms with van der Waals surface area (Å²) in [4.78, 5) is 27.1. The van der Waals surface area contributed by atoms with Gasteiger partial charge in [-0.05, 0) is 6.07 Å². The fourth-order valence-corrected chi connectivity index (χ4v) is 2.96. The number of carboxylic acid groups (broad SMARTS) is 1. The molecule has 8 heteroatoms. The lowest BCUT2D eigenvalue weighted by atomic mass is 10.3. The van der Waals surface area contributed by atoms with Crippen LogP contribution in [0.15, 0.2) is 12.1 Å². The van der Waals surface area contributed by atoms with Crippen LogP contribution < -0.4 is 4.90 Å². The van der Waals surface area contributed by atoms with Gasteiger partial charge in [0.2, 0.25) is 5.82 Å². The number of aromatic carboxylic acids is 1. The van der Waals surface area contributed by atoms with E-state index in [0.717, 1.165) is 11.8 Å². The van der Waals surface area contributed by atoms with E-state index in [1.807, 2.05) is 6.92 Å². The molecule has 0 aromatic carbocycles. The Kier molecular flexibility index (Phi) is 3.89. The topological polar surface area (TPSA) is 96.6 Å². The molecule has 1 aliphatic rings. The quantitative estimate of drug-likeness (QED) is 0.665. The summed E-state index contributed by atoms with van der Waals surface area (Å²) in [6.45, 7) is 3.29. The van der Waals surface area contributed by atoms with Crippen molar-refractivity contribution in [3.8, 4) is 0 Å². The summed E-state index contributed by atoms with van der Waals surface area (Å²) >= 11 is 1.79. The number of anilines is 1. The van der Waals surface area contributed by atoms with Gasteiger partial charge in [0.25, 0.3) is 0 Å². The van der Waals surface area contributed by atoms with Crippen molar-refractivity contribution in [1.82, 2.24) is 4.98 Å². The third-order valence-corrected chi connectivity index (χ3v) is 3.95. The average Bonchev–Trinajstić information content (AvgIpc) is 2.37. The lowest BCUT2D eigenvalue weighted by Gasteiger charge is -2.31. The summed E-state index contributed by atoms with van der Waals surface area (Å²) in [5, 5.41) is 20.3. The van der Waals surface area contributed by atoms with Crippen molar-refractivity contribution in [3.05, 3.63) is 27.9 Å². The highest BCUT2D eigenvalue weighted by Crippen LogP contribution is 2.30. The van der Waals surface area contributed by atoms with Crippen molar-refractivity contribution in [2.24, 2.45) is 0 Å². The molecule has 0 saturated carbocycles. The Morgan fingerprint density at radius 1 is 1.63 bits per heavy atom. The van der Waals surface area contributed by atoms with Crippen LogP contribution in [0.1, 0.15) is 17.4 Å². The van der Waals surface area contributed by atoms with Gasteiger partial charge in [-0.1, -0.05) is 6.92 Å². The largest absolute Gasteiger partial charge is 0.477 e. The average molecular weight is 283 g/mol. The van der Waals surface area contributed by atoms with Crippen LogP contribution in [0.3, 0.4) is 0 Å². The fourth-order valence-electron chi connectivity index (χ4n) is 1.95. The summed E-state index contributed by atoms with van der Waals surface area (Å²) in [6.07, 6.45) is 0. The molecule has 7 nitrogen and oxygen atoms in total. The van der Waals surface area contributed by atoms with Gasteiger partial charge in [-0.2, -0.15) is 11.8 Å². The molecule has 102 valence electrons. The predicted octanol–water partition coefficient (Wildman–Crippen LogP) is 1.63. The van der Waals surface area contributed by atoms with E-state index in [2.05, 4.69) is 4.98 Å². The molecule has 1 atom stereocenters. The van der Waals surface area contributed by atoms with E-state index in [4.69, 9.17) is 5.11 Å². The van der Waals surface area contributed by atoms with E-state index in [1.54, 1.807) is 16.7 Å². The third kappa shape index (κ3) is 2.95. The predicted molar refractivity (Wildman–Crippen MR) is 72.0 cm³/mol. The Morgan fingerprint density at radius 2 is 2.37 bits per heavy atom. The number of aromatic nitrogens is 1. The molecule has 1 aromatic heterocycles. The standard InChI is InChI=1S/C11H13N3O4S/c1-7-6-13(4-5-19-7)10-9(14(17)18)3-2-8(12-10)11(15)16/h2-3,7H,4-6H2,1H3,(H,15,16). The number of carboxylic acids is 1. The molecule has 0 radical (unpaired) electrons. The number of thioether (sulfide) groups is 1. The Labute approximate surface area is 113 Å². The number of hydrogen-bond donors (Lipinski definition) is 1. The minimum Gasteiger partial charge on any atom is -0.477 e. The molecule has 0 spiro atoms. The molecule has 1 saturated heterocycles. The highest BCUT2D eigenvalue weighted by atomic mass is 32.2. The molecule has 2 heterocycles. The number of rotatable bonds is 3. The van der Waals surface area contributed by atoms with Crippen molar-refractivity contribution in [2.45, 2.75) is 12.2 Å². The molecule has 0 bridgehead atoms. The van der Waals surface area contributed by atoms with E-state index in [0.29, 0.717) is 18.3 Å². The minimum atomic E-state index is -1.18. The highest BCUT2D eigenvalue weighted by Gasteiger charge is 2.26. The number of hydrogen-bond acceptors (Lipinski definition) is 6. The van der Waals surface area contributed by atoms with Gasteiger partial charge >= 0.3 is 11.7 Å². The zero-order chi connectivity index (χ0) is 14.0. The Hall–Kier alpha value is -1.83. The molecule has 1 N–H and O–H groups in total. The lowest BCUT2D eigenvalue weighted by Crippen LogP contribution is -2.37. The number of nitro groups is 1. The van der Waals surface area contributed by atoms with Gasteiger partial charge in [0, 0.05) is 30.2 Å². The third-order valence-electron chi connectivity index (χ3n) is 2.81. The zero-order valence-electron chi connectivity index (χ0n) is 10.3. The molecule has 1 unspecified atom stereocenters. The van der Waals surface area contributed by atoms with Crippen LogP contribution in [-0.4, -0.2) is 45.1 Å². The van der Waals surface area contributed by atoms with Crippen molar-refractivity contribution in [1.29, 1.82) is 0 Å². The number of pyridine rings is 1. The maximum absolute atomic E-state index is 11.0. The summed E-state index contributed by atoms with van der Waals surface area (Å²) in [5.74, 6) is -0.190. The zero-order valence-corrected chi connectivity index (χ0v) is 11.1. The van der Waals surface area contributed by atoms with Crippen LogP contribution in [-0.2, 0) is 0 Å². The Bertz CT molecular complexity index is 523. The van der Waals surface area contributed by atoms with E-state index in [-0.39, 0.29) is 17.2 Å². The highest BCUT2D eigenvalue weighted by molar-refractivity contribution is 8.00. The Balaban J connectivity index is 2.42. The second-order valence-corrected chi connectivity index (χ2v) is 5.78. The fraction of sp³-hybridized carbons (Fsp3) is 0.455. The first kappa shape index (κ1) is 13.6. The van der Waals surface area contributed by atoms with E-state index >= 15 is 0 Å². The molecule has 0 aliphatic carbocycles. The van der Waals surface area contributed by atoms with Crippen LogP contribution in [0.5, 0.6) is 0 Å². The van der Waals surface area contributed by atoms with E-state index in [1.165, 1.54) is 6.07 Å². The van der Waals surface area contributed by atoms with Crippen LogP contribution in [0, 0.1) is 10.1 Å². The van der Waals surface area contributed by atoms with Crippen LogP contribution in [0.4, 0.5) is 11.5 Å². The van der Waals surface area contributed by atoms with Crippen molar-refractivity contribution in [2.75, 3.05) is 23.7 Å². The molecule has 0 amide bonds. The first-order chi connectivity index (χ1) is 8.99. The summed E-state index contributed by atoms with van der Waals surface area (Å²) in [7, 11) is 0. The van der Waals surface area contributed by atoms with Crippen LogP contribution in [0.25, 0.3) is 0 Å². The lowest BCUT2D eigenvalue weighted by molar-refractivity contribution is -0.384. The molecular formula is C11H13N3O4S. The smallest absolute Gasteiger partial charge is 0.354 e. The van der Waals surface area contributed by atoms with Crippen molar-refractivity contribution < 1.29 is 14.8 Å². The summed E-state index contributed by atoms with van der Waals surface area (Å²) < 4.78 is 0. The van der Waals surface area contributed by atoms with E-state index < -0.39 is 10.9 Å². The Morgan fingerprint density at radius 3 is 2.95 bits per heavy atom. The monoisotopic (exact) mass is 283 g/mol. The van der Waals surface area contributed by atoms with Gasteiger partial charge in [-0.3, -0.25) is 10.1 Å². The van der Waals surface area contributed by atoms with Crippen molar-refractivity contribution in [3.63, 3.8) is 0 Å². The molecule has 1 aliphatic heterocycles. The van der Waals surface area contributed by atoms with Gasteiger partial charge < -0.3 is 10.0 Å². The number of carbonyl (C=O) groups is 1. The summed E-state index contributed by atoms with van der Waals surface area (Å²) in [5.41, 5.74) is -0.324. The van der Waals surface area contributed by atoms with Gasteiger partial charge in [-0.15, -0.1) is 0 Å². The van der Waals surface area contributed by atoms with Crippen LogP contribution >= 0.6 is 11.8 Å². The molecule has 1 aromatic rings. The molecular weight excluding hydrogens is 270 g/mol. The summed E-state index contributed by atoms with van der Waals surface area (Å²) in [6, 6.07) is 2.37. The maximum Gasteiger partial charge on any atom is 0.354 e. The van der Waals surface area contributed by atoms with Crippen LogP contribution in [0.2, 0.25) is 0 Å². The molecule has 2 rings (SSSR count). The molecule has 1 fully saturated rings. The van der Waals surface area contributed by atoms with E-state index in [9.17, 15) is 14.9 Å². The van der Waals surface area contributed by atoms with Gasteiger partial charge in [0.1, 0.15) is 0 Å². The second kappa shape index (κ2) is 5.43. The SMILES string of the molecule is CC1CN(c2nc(C(=O)O)ccc2[N+](=O)[O-])CCS1. The number of nitrogens with zero attached hydrogens (tertiary/aromatic N) is 3. The first-order valence-electron chi connectivity index (χ1n) is 5.74. The maximum atomic E-state index is 11.0. The van der Waals surface area contributed by atoms with Gasteiger partial charge in [-0.25, -0.2) is 9.78 Å². The minimum absolute atomic E-state index is 0.149. The molecule has 19 heavy (non-hydrogen) atoms.